The van der Waals surface area contributed by atoms with Crippen LogP contribution in [0, 0.1) is 5.82 Å². The van der Waals surface area contributed by atoms with E-state index in [1.165, 1.54) is 12.1 Å². The number of halogens is 2. The molecule has 0 aliphatic rings. The van der Waals surface area contributed by atoms with Gasteiger partial charge in [-0.1, -0.05) is 6.07 Å². The minimum absolute atomic E-state index is 0.304. The lowest BCUT2D eigenvalue weighted by Gasteiger charge is -2.06. The summed E-state index contributed by atoms with van der Waals surface area (Å²) in [5.74, 6) is 0.203. The first-order valence-corrected chi connectivity index (χ1v) is 5.51. The Kier molecular flexibility index (Phi) is 3.24. The highest BCUT2D eigenvalue weighted by Crippen LogP contribution is 2.18. The third kappa shape index (κ3) is 2.41. The van der Waals surface area contributed by atoms with Crippen molar-refractivity contribution in [2.75, 3.05) is 0 Å². The molecular formula is C11H10BrFN2O. The van der Waals surface area contributed by atoms with Crippen molar-refractivity contribution in [2.45, 2.75) is 6.61 Å². The summed E-state index contributed by atoms with van der Waals surface area (Å²) in [7, 11) is 1.83. The zero-order valence-corrected chi connectivity index (χ0v) is 10.2. The van der Waals surface area contributed by atoms with E-state index in [0.29, 0.717) is 12.4 Å². The van der Waals surface area contributed by atoms with Crippen molar-refractivity contribution < 1.29 is 9.13 Å². The van der Waals surface area contributed by atoms with E-state index in [4.69, 9.17) is 4.74 Å². The molecule has 0 amide bonds. The van der Waals surface area contributed by atoms with Crippen LogP contribution < -0.4 is 4.74 Å². The zero-order chi connectivity index (χ0) is 11.5. The van der Waals surface area contributed by atoms with E-state index in [-0.39, 0.29) is 5.82 Å². The Hall–Kier alpha value is -1.36. The molecule has 0 aliphatic carbocycles. The molecule has 0 radical (unpaired) electrons. The third-order valence-corrected chi connectivity index (χ3v) is 2.84. The van der Waals surface area contributed by atoms with Gasteiger partial charge in [0.15, 0.2) is 0 Å². The fourth-order valence-corrected chi connectivity index (χ4v) is 1.77. The largest absolute Gasteiger partial charge is 0.487 e. The number of hydrogen-bond donors (Lipinski definition) is 0. The molecular weight excluding hydrogens is 275 g/mol. The molecule has 0 N–H and O–H groups in total. The summed E-state index contributed by atoms with van der Waals surface area (Å²) in [5, 5.41) is 4.06. The van der Waals surface area contributed by atoms with Crippen LogP contribution >= 0.6 is 15.9 Å². The quantitative estimate of drug-likeness (QED) is 0.867. The van der Waals surface area contributed by atoms with Crippen LogP contribution in [-0.4, -0.2) is 9.78 Å². The Labute approximate surface area is 101 Å². The third-order valence-electron chi connectivity index (χ3n) is 2.18. The number of ether oxygens (including phenoxy) is 1. The number of nitrogens with zero attached hydrogens (tertiary/aromatic N) is 2. The number of aryl methyl sites for hydroxylation is 1. The second kappa shape index (κ2) is 4.65. The fourth-order valence-electron chi connectivity index (χ4n) is 1.31. The molecule has 1 aromatic heterocycles. The lowest BCUT2D eigenvalue weighted by Crippen LogP contribution is -2.03. The van der Waals surface area contributed by atoms with E-state index in [2.05, 4.69) is 21.0 Å². The Morgan fingerprint density at radius 3 is 2.94 bits per heavy atom. The minimum atomic E-state index is -0.304. The standard InChI is InChI=1S/C11H10BrFN2O/c1-15-11(10(12)6-14-15)7-16-9-4-2-3-8(13)5-9/h2-6H,7H2,1H3. The Bertz CT molecular complexity index is 479. The molecule has 5 heteroatoms. The molecule has 0 aliphatic heterocycles. The van der Waals surface area contributed by atoms with Gasteiger partial charge in [-0.3, -0.25) is 4.68 Å². The van der Waals surface area contributed by atoms with Crippen molar-refractivity contribution in [2.24, 2.45) is 7.05 Å². The van der Waals surface area contributed by atoms with E-state index in [1.807, 2.05) is 7.05 Å². The molecule has 16 heavy (non-hydrogen) atoms. The lowest BCUT2D eigenvalue weighted by molar-refractivity contribution is 0.292. The van der Waals surface area contributed by atoms with Crippen LogP contribution in [0.25, 0.3) is 0 Å². The average Bonchev–Trinajstić information content (AvgIpc) is 2.56. The van der Waals surface area contributed by atoms with Gasteiger partial charge in [-0.2, -0.15) is 5.10 Å². The Morgan fingerprint density at radius 1 is 1.50 bits per heavy atom. The molecule has 2 aromatic rings. The van der Waals surface area contributed by atoms with Crippen LogP contribution in [0.4, 0.5) is 4.39 Å². The molecule has 84 valence electrons. The van der Waals surface area contributed by atoms with Crippen molar-refractivity contribution in [3.63, 3.8) is 0 Å². The maximum Gasteiger partial charge on any atom is 0.131 e. The summed E-state index contributed by atoms with van der Waals surface area (Å²) < 4.78 is 20.9. The van der Waals surface area contributed by atoms with Gasteiger partial charge in [0, 0.05) is 13.1 Å². The van der Waals surface area contributed by atoms with Crippen LogP contribution in [0.3, 0.4) is 0 Å². The Balaban J connectivity index is 2.08. The molecule has 0 saturated heterocycles. The van der Waals surface area contributed by atoms with Gasteiger partial charge in [-0.05, 0) is 28.1 Å². The highest BCUT2D eigenvalue weighted by atomic mass is 79.9. The number of aromatic nitrogens is 2. The molecule has 0 bridgehead atoms. The second-order valence-electron chi connectivity index (χ2n) is 3.31. The van der Waals surface area contributed by atoms with E-state index >= 15 is 0 Å². The van der Waals surface area contributed by atoms with Crippen LogP contribution in [0.1, 0.15) is 5.69 Å². The van der Waals surface area contributed by atoms with Gasteiger partial charge in [-0.15, -0.1) is 0 Å². The SMILES string of the molecule is Cn1ncc(Br)c1COc1cccc(F)c1. The molecule has 1 aromatic carbocycles. The minimum Gasteiger partial charge on any atom is -0.487 e. The molecule has 3 nitrogen and oxygen atoms in total. The van der Waals surface area contributed by atoms with Crippen molar-refractivity contribution >= 4 is 15.9 Å². The van der Waals surface area contributed by atoms with Crippen LogP contribution in [-0.2, 0) is 13.7 Å². The van der Waals surface area contributed by atoms with Crippen LogP contribution in [0.15, 0.2) is 34.9 Å². The smallest absolute Gasteiger partial charge is 0.131 e. The highest BCUT2D eigenvalue weighted by Gasteiger charge is 2.06. The van der Waals surface area contributed by atoms with Crippen molar-refractivity contribution in [1.29, 1.82) is 0 Å². The number of benzene rings is 1. The van der Waals surface area contributed by atoms with Crippen molar-refractivity contribution in [3.05, 3.63) is 46.4 Å². The molecule has 2 rings (SSSR count). The van der Waals surface area contributed by atoms with Gasteiger partial charge >= 0.3 is 0 Å². The molecule has 0 unspecified atom stereocenters. The summed E-state index contributed by atoms with van der Waals surface area (Å²) in [4.78, 5) is 0. The van der Waals surface area contributed by atoms with Crippen LogP contribution in [0.2, 0.25) is 0 Å². The fraction of sp³-hybridized carbons (Fsp3) is 0.182. The molecule has 0 atom stereocenters. The number of hydrogen-bond acceptors (Lipinski definition) is 2. The van der Waals surface area contributed by atoms with E-state index < -0.39 is 0 Å². The van der Waals surface area contributed by atoms with Crippen molar-refractivity contribution in [3.8, 4) is 5.75 Å². The van der Waals surface area contributed by atoms with Gasteiger partial charge in [0.25, 0.3) is 0 Å². The summed E-state index contributed by atoms with van der Waals surface area (Å²) in [6.45, 7) is 0.348. The predicted molar refractivity (Wildman–Crippen MR) is 61.6 cm³/mol. The average molecular weight is 285 g/mol. The summed E-state index contributed by atoms with van der Waals surface area (Å²) >= 11 is 3.37. The van der Waals surface area contributed by atoms with E-state index in [9.17, 15) is 4.39 Å². The number of rotatable bonds is 3. The first-order valence-electron chi connectivity index (χ1n) is 4.71. The van der Waals surface area contributed by atoms with Crippen LogP contribution in [0.5, 0.6) is 5.75 Å². The highest BCUT2D eigenvalue weighted by molar-refractivity contribution is 9.10. The van der Waals surface area contributed by atoms with Crippen molar-refractivity contribution in [1.82, 2.24) is 9.78 Å². The molecule has 0 spiro atoms. The van der Waals surface area contributed by atoms with Gasteiger partial charge < -0.3 is 4.74 Å². The maximum absolute atomic E-state index is 12.9. The van der Waals surface area contributed by atoms with Gasteiger partial charge in [0.1, 0.15) is 18.2 Å². The normalized spacial score (nSPS) is 10.4. The lowest BCUT2D eigenvalue weighted by atomic mass is 10.3. The second-order valence-corrected chi connectivity index (χ2v) is 4.16. The Morgan fingerprint density at radius 2 is 2.31 bits per heavy atom. The first kappa shape index (κ1) is 11.1. The van der Waals surface area contributed by atoms with E-state index in [0.717, 1.165) is 10.2 Å². The zero-order valence-electron chi connectivity index (χ0n) is 8.65. The van der Waals surface area contributed by atoms with E-state index in [1.54, 1.807) is 23.0 Å². The first-order chi connectivity index (χ1) is 7.66. The monoisotopic (exact) mass is 284 g/mol. The molecule has 1 heterocycles. The molecule has 0 saturated carbocycles. The summed E-state index contributed by atoms with van der Waals surface area (Å²) in [6.07, 6.45) is 1.70. The summed E-state index contributed by atoms with van der Waals surface area (Å²) in [6, 6.07) is 6.06. The molecule has 0 fully saturated rings. The van der Waals surface area contributed by atoms with Gasteiger partial charge in [0.2, 0.25) is 0 Å². The van der Waals surface area contributed by atoms with Gasteiger partial charge in [0.05, 0.1) is 16.4 Å². The summed E-state index contributed by atoms with van der Waals surface area (Å²) in [5.41, 5.74) is 0.907. The predicted octanol–water partition coefficient (Wildman–Crippen LogP) is 2.90. The topological polar surface area (TPSA) is 27.1 Å². The van der Waals surface area contributed by atoms with Gasteiger partial charge in [-0.25, -0.2) is 4.39 Å². The maximum atomic E-state index is 12.9.